The molecule has 0 unspecified atom stereocenters. The van der Waals surface area contributed by atoms with Gasteiger partial charge in [0.2, 0.25) is 5.91 Å². The maximum Gasteiger partial charge on any atom is 0.339 e. The molecule has 2 N–H and O–H groups in total. The monoisotopic (exact) mass is 357 g/mol. The summed E-state index contributed by atoms with van der Waals surface area (Å²) in [5.74, 6) is -0.996. The second-order valence-corrected chi connectivity index (χ2v) is 6.74. The lowest BCUT2D eigenvalue weighted by molar-refractivity contribution is -0.131. The third kappa shape index (κ3) is 3.35. The molecule has 0 spiro atoms. The molecular formula is C19H23N3O4. The van der Waals surface area contributed by atoms with Crippen molar-refractivity contribution in [1.29, 1.82) is 0 Å². The highest BCUT2D eigenvalue weighted by Crippen LogP contribution is 2.44. The van der Waals surface area contributed by atoms with Crippen LogP contribution in [-0.2, 0) is 9.53 Å². The minimum absolute atomic E-state index is 0.0152. The van der Waals surface area contributed by atoms with E-state index in [1.54, 1.807) is 24.8 Å². The highest BCUT2D eigenvalue weighted by molar-refractivity contribution is 5.96. The molecular weight excluding hydrogens is 334 g/mol. The zero-order valence-corrected chi connectivity index (χ0v) is 15.0. The Hall–Kier alpha value is -2.67. The lowest BCUT2D eigenvalue weighted by Crippen LogP contribution is -2.42. The third-order valence-electron chi connectivity index (χ3n) is 5.17. The third-order valence-corrected chi connectivity index (χ3v) is 5.17. The van der Waals surface area contributed by atoms with E-state index in [0.29, 0.717) is 23.7 Å². The van der Waals surface area contributed by atoms with Crippen molar-refractivity contribution in [2.75, 3.05) is 19.0 Å². The summed E-state index contributed by atoms with van der Waals surface area (Å²) in [5.41, 5.74) is 1.73. The first-order valence-corrected chi connectivity index (χ1v) is 8.65. The Morgan fingerprint density at radius 1 is 1.38 bits per heavy atom. The summed E-state index contributed by atoms with van der Waals surface area (Å²) < 4.78 is 6.70. The number of aromatic nitrogens is 2. The summed E-state index contributed by atoms with van der Waals surface area (Å²) in [6, 6.07) is 7.26. The Kier molecular flexibility index (Phi) is 5.08. The first kappa shape index (κ1) is 18.1. The second kappa shape index (κ2) is 7.29. The van der Waals surface area contributed by atoms with Crippen molar-refractivity contribution < 1.29 is 19.4 Å². The van der Waals surface area contributed by atoms with E-state index in [0.717, 1.165) is 25.7 Å². The van der Waals surface area contributed by atoms with E-state index in [1.807, 2.05) is 18.2 Å². The average molecular weight is 357 g/mol. The molecule has 7 heteroatoms. The molecule has 1 aliphatic rings. The zero-order chi connectivity index (χ0) is 18.7. The SMILES string of the molecule is COCCC1(C(=O)Nc2cccc(-n3ncc(C(=O)O)c3C)c2)CCC1. The van der Waals surface area contributed by atoms with Crippen LogP contribution in [0.3, 0.4) is 0 Å². The largest absolute Gasteiger partial charge is 0.478 e. The van der Waals surface area contributed by atoms with Gasteiger partial charge < -0.3 is 15.2 Å². The number of amides is 1. The standard InChI is InChI=1S/C19H23N3O4/c1-13-16(17(23)24)12-20-22(13)15-6-3-5-14(11-15)21-18(25)19(7-4-8-19)9-10-26-2/h3,5-6,11-12H,4,7-10H2,1-2H3,(H,21,25)(H,23,24). The molecule has 0 bridgehead atoms. The van der Waals surface area contributed by atoms with Gasteiger partial charge in [0.05, 0.1) is 23.0 Å². The van der Waals surface area contributed by atoms with E-state index in [2.05, 4.69) is 10.4 Å². The molecule has 2 aromatic rings. The smallest absolute Gasteiger partial charge is 0.339 e. The predicted octanol–water partition coefficient (Wildman–Crippen LogP) is 3.02. The summed E-state index contributed by atoms with van der Waals surface area (Å²) in [6.45, 7) is 2.27. The van der Waals surface area contributed by atoms with Crippen LogP contribution in [0.2, 0.25) is 0 Å². The van der Waals surface area contributed by atoms with Crippen LogP contribution in [0.25, 0.3) is 5.69 Å². The van der Waals surface area contributed by atoms with Crippen LogP contribution in [0.15, 0.2) is 30.5 Å². The molecule has 1 aromatic heterocycles. The van der Waals surface area contributed by atoms with Crippen LogP contribution < -0.4 is 5.32 Å². The van der Waals surface area contributed by atoms with Gasteiger partial charge in [-0.3, -0.25) is 4.79 Å². The van der Waals surface area contributed by atoms with Crippen LogP contribution in [0, 0.1) is 12.3 Å². The molecule has 1 aromatic carbocycles. The lowest BCUT2D eigenvalue weighted by atomic mass is 9.66. The van der Waals surface area contributed by atoms with E-state index in [-0.39, 0.29) is 16.9 Å². The van der Waals surface area contributed by atoms with E-state index >= 15 is 0 Å². The van der Waals surface area contributed by atoms with Gasteiger partial charge in [-0.2, -0.15) is 5.10 Å². The number of aromatic carboxylic acids is 1. The number of nitrogens with zero attached hydrogens (tertiary/aromatic N) is 2. The van der Waals surface area contributed by atoms with Gasteiger partial charge in [-0.05, 0) is 44.4 Å². The van der Waals surface area contributed by atoms with E-state index in [9.17, 15) is 14.7 Å². The topological polar surface area (TPSA) is 93.5 Å². The number of benzene rings is 1. The number of carbonyl (C=O) groups excluding carboxylic acids is 1. The normalized spacial score (nSPS) is 15.3. The van der Waals surface area contributed by atoms with Gasteiger partial charge in [-0.25, -0.2) is 9.48 Å². The maximum absolute atomic E-state index is 12.8. The van der Waals surface area contributed by atoms with Crippen LogP contribution in [0.4, 0.5) is 5.69 Å². The van der Waals surface area contributed by atoms with Gasteiger partial charge >= 0.3 is 5.97 Å². The van der Waals surface area contributed by atoms with Crippen molar-refractivity contribution in [2.45, 2.75) is 32.6 Å². The summed E-state index contributed by atoms with van der Waals surface area (Å²) >= 11 is 0. The number of nitrogens with one attached hydrogen (secondary N) is 1. The predicted molar refractivity (Wildman–Crippen MR) is 96.7 cm³/mol. The van der Waals surface area contributed by atoms with Gasteiger partial charge in [0.25, 0.3) is 0 Å². The van der Waals surface area contributed by atoms with E-state index in [4.69, 9.17) is 4.74 Å². The molecule has 7 nitrogen and oxygen atoms in total. The summed E-state index contributed by atoms with van der Waals surface area (Å²) in [5, 5.41) is 16.3. The Bertz CT molecular complexity index is 824. The molecule has 0 saturated heterocycles. The molecule has 3 rings (SSSR count). The van der Waals surface area contributed by atoms with Crippen LogP contribution in [-0.4, -0.2) is 40.5 Å². The molecule has 0 aliphatic heterocycles. The number of carboxylic acid groups (broad SMARTS) is 1. The van der Waals surface area contributed by atoms with Crippen molar-refractivity contribution in [2.24, 2.45) is 5.41 Å². The maximum atomic E-state index is 12.8. The van der Waals surface area contributed by atoms with Crippen LogP contribution >= 0.6 is 0 Å². The average Bonchev–Trinajstić information content (AvgIpc) is 2.96. The van der Waals surface area contributed by atoms with Crippen molar-refractivity contribution in [3.05, 3.63) is 41.7 Å². The number of hydrogen-bond donors (Lipinski definition) is 2. The minimum atomic E-state index is -1.01. The fraction of sp³-hybridized carbons (Fsp3) is 0.421. The number of carboxylic acids is 1. The molecule has 1 heterocycles. The highest BCUT2D eigenvalue weighted by Gasteiger charge is 2.43. The first-order chi connectivity index (χ1) is 12.5. The van der Waals surface area contributed by atoms with Crippen LogP contribution in [0.1, 0.15) is 41.7 Å². The van der Waals surface area contributed by atoms with Gasteiger partial charge in [0.15, 0.2) is 0 Å². The molecule has 0 radical (unpaired) electrons. The Morgan fingerprint density at radius 3 is 2.73 bits per heavy atom. The van der Waals surface area contributed by atoms with Gasteiger partial charge in [-0.15, -0.1) is 0 Å². The van der Waals surface area contributed by atoms with E-state index in [1.165, 1.54) is 6.20 Å². The Balaban J connectivity index is 1.80. The molecule has 1 aliphatic carbocycles. The van der Waals surface area contributed by atoms with Gasteiger partial charge in [-0.1, -0.05) is 12.5 Å². The van der Waals surface area contributed by atoms with Crippen LogP contribution in [0.5, 0.6) is 0 Å². The molecule has 0 atom stereocenters. The molecule has 1 amide bonds. The fourth-order valence-corrected chi connectivity index (χ4v) is 3.35. The number of hydrogen-bond acceptors (Lipinski definition) is 4. The first-order valence-electron chi connectivity index (χ1n) is 8.65. The van der Waals surface area contributed by atoms with E-state index < -0.39 is 5.97 Å². The number of rotatable bonds is 7. The summed E-state index contributed by atoms with van der Waals surface area (Å²) in [7, 11) is 1.64. The van der Waals surface area contributed by atoms with Gasteiger partial charge in [0, 0.05) is 19.4 Å². The second-order valence-electron chi connectivity index (χ2n) is 6.74. The Labute approximate surface area is 152 Å². The Morgan fingerprint density at radius 2 is 2.15 bits per heavy atom. The number of carbonyl (C=O) groups is 2. The molecule has 1 saturated carbocycles. The lowest BCUT2D eigenvalue weighted by Gasteiger charge is -2.40. The summed E-state index contributed by atoms with van der Waals surface area (Å²) in [6.07, 6.45) is 4.86. The number of ether oxygens (including phenoxy) is 1. The van der Waals surface area contributed by atoms with Crippen molar-refractivity contribution in [3.63, 3.8) is 0 Å². The van der Waals surface area contributed by atoms with Gasteiger partial charge in [0.1, 0.15) is 5.56 Å². The minimum Gasteiger partial charge on any atom is -0.478 e. The van der Waals surface area contributed by atoms with Crippen molar-refractivity contribution in [3.8, 4) is 5.69 Å². The molecule has 26 heavy (non-hydrogen) atoms. The summed E-state index contributed by atoms with van der Waals surface area (Å²) in [4.78, 5) is 24.0. The molecule has 138 valence electrons. The van der Waals surface area contributed by atoms with Crippen molar-refractivity contribution in [1.82, 2.24) is 9.78 Å². The zero-order valence-electron chi connectivity index (χ0n) is 15.0. The fourth-order valence-electron chi connectivity index (χ4n) is 3.35. The number of anilines is 1. The van der Waals surface area contributed by atoms with Crippen molar-refractivity contribution >= 4 is 17.6 Å². The highest BCUT2D eigenvalue weighted by atomic mass is 16.5. The quantitative estimate of drug-likeness (QED) is 0.794. The number of methoxy groups -OCH3 is 1. The molecule has 1 fully saturated rings.